The minimum atomic E-state index is -0.387. The number of rotatable bonds is 7. The van der Waals surface area contributed by atoms with Crippen LogP contribution in [0.4, 0.5) is 4.39 Å². The highest BCUT2D eigenvalue weighted by atomic mass is 32.1. The van der Waals surface area contributed by atoms with Crippen molar-refractivity contribution in [2.75, 3.05) is 39.8 Å². The predicted molar refractivity (Wildman–Crippen MR) is 118 cm³/mol. The van der Waals surface area contributed by atoms with Gasteiger partial charge in [0, 0.05) is 13.0 Å². The van der Waals surface area contributed by atoms with Gasteiger partial charge in [-0.3, -0.25) is 9.69 Å². The molecular weight excluding hydrogens is 401 g/mol. The number of ether oxygens (including phenoxy) is 1. The Morgan fingerprint density at radius 2 is 1.93 bits per heavy atom. The second kappa shape index (κ2) is 9.53. The molecule has 1 aromatic heterocycles. The molecule has 3 aromatic rings. The van der Waals surface area contributed by atoms with Crippen molar-refractivity contribution in [1.29, 1.82) is 0 Å². The minimum Gasteiger partial charge on any atom is -0.489 e. The number of para-hydroxylation sites is 2. The average Bonchev–Trinajstić information content (AvgIpc) is 3.20. The molecule has 0 aliphatic carbocycles. The van der Waals surface area contributed by atoms with Crippen molar-refractivity contribution < 1.29 is 13.9 Å². The molecule has 158 valence electrons. The number of carbonyl (C=O) groups is 1. The first-order chi connectivity index (χ1) is 14.6. The van der Waals surface area contributed by atoms with Gasteiger partial charge in [-0.25, -0.2) is 9.37 Å². The van der Waals surface area contributed by atoms with Crippen molar-refractivity contribution in [2.24, 2.45) is 0 Å². The topological polar surface area (TPSA) is 45.7 Å². The van der Waals surface area contributed by atoms with Gasteiger partial charge in [-0.2, -0.15) is 0 Å². The average molecular weight is 428 g/mol. The summed E-state index contributed by atoms with van der Waals surface area (Å²) >= 11 is 1.79. The van der Waals surface area contributed by atoms with Gasteiger partial charge in [0.1, 0.15) is 6.61 Å². The molecule has 7 heteroatoms. The van der Waals surface area contributed by atoms with Crippen LogP contribution in [0.15, 0.2) is 48.5 Å². The minimum absolute atomic E-state index is 0.0607. The van der Waals surface area contributed by atoms with E-state index in [2.05, 4.69) is 23.1 Å². The standard InChI is InChI=1S/C23H26FN3O2S/c1-26(14-15-29-20-8-4-2-6-18(20)24)22(28)16-27-12-10-17(11-13-27)23-25-19-7-3-5-9-21(19)30-23/h2-9,17H,10-16H2,1H3. The number of hydrogen-bond donors (Lipinski definition) is 0. The third-order valence-electron chi connectivity index (χ3n) is 5.55. The van der Waals surface area contributed by atoms with Gasteiger partial charge in [-0.05, 0) is 50.2 Å². The molecule has 5 nitrogen and oxygen atoms in total. The Labute approximate surface area is 180 Å². The Kier molecular flexibility index (Phi) is 6.59. The normalized spacial score (nSPS) is 15.4. The molecule has 0 bridgehead atoms. The summed E-state index contributed by atoms with van der Waals surface area (Å²) in [7, 11) is 1.76. The van der Waals surface area contributed by atoms with Crippen molar-refractivity contribution in [1.82, 2.24) is 14.8 Å². The lowest BCUT2D eigenvalue weighted by Crippen LogP contribution is -2.42. The summed E-state index contributed by atoms with van der Waals surface area (Å²) < 4.78 is 20.3. The Bertz CT molecular complexity index is 968. The Hall–Kier alpha value is -2.51. The first kappa shape index (κ1) is 20.8. The summed E-state index contributed by atoms with van der Waals surface area (Å²) in [6.45, 7) is 2.89. The zero-order valence-corrected chi connectivity index (χ0v) is 17.9. The van der Waals surface area contributed by atoms with E-state index in [0.29, 0.717) is 19.0 Å². The van der Waals surface area contributed by atoms with Crippen LogP contribution in [-0.2, 0) is 4.79 Å². The molecule has 0 saturated carbocycles. The third-order valence-corrected chi connectivity index (χ3v) is 6.75. The second-order valence-corrected chi connectivity index (χ2v) is 8.73. The quantitative estimate of drug-likeness (QED) is 0.568. The molecule has 2 aromatic carbocycles. The number of thiazole rings is 1. The van der Waals surface area contributed by atoms with Crippen LogP contribution >= 0.6 is 11.3 Å². The lowest BCUT2D eigenvalue weighted by molar-refractivity contribution is -0.131. The van der Waals surface area contributed by atoms with E-state index in [0.717, 1.165) is 31.4 Å². The van der Waals surface area contributed by atoms with Crippen LogP contribution in [-0.4, -0.2) is 60.5 Å². The van der Waals surface area contributed by atoms with Gasteiger partial charge >= 0.3 is 0 Å². The fourth-order valence-electron chi connectivity index (χ4n) is 3.69. The number of fused-ring (bicyclic) bond motifs is 1. The fraction of sp³-hybridized carbons (Fsp3) is 0.391. The smallest absolute Gasteiger partial charge is 0.236 e. The molecular formula is C23H26FN3O2S. The fourth-order valence-corrected chi connectivity index (χ4v) is 4.83. The first-order valence-electron chi connectivity index (χ1n) is 10.3. The lowest BCUT2D eigenvalue weighted by atomic mass is 9.97. The van der Waals surface area contributed by atoms with E-state index in [1.807, 2.05) is 6.07 Å². The van der Waals surface area contributed by atoms with Crippen LogP contribution < -0.4 is 4.74 Å². The van der Waals surface area contributed by atoms with Crippen molar-refractivity contribution in [2.45, 2.75) is 18.8 Å². The van der Waals surface area contributed by atoms with Gasteiger partial charge < -0.3 is 9.64 Å². The van der Waals surface area contributed by atoms with Gasteiger partial charge in [0.25, 0.3) is 0 Å². The van der Waals surface area contributed by atoms with E-state index in [4.69, 9.17) is 9.72 Å². The van der Waals surface area contributed by atoms with Crippen molar-refractivity contribution >= 4 is 27.5 Å². The van der Waals surface area contributed by atoms with Crippen LogP contribution in [0.2, 0.25) is 0 Å². The van der Waals surface area contributed by atoms with E-state index in [1.54, 1.807) is 41.5 Å². The summed E-state index contributed by atoms with van der Waals surface area (Å²) in [5, 5.41) is 1.21. The Morgan fingerprint density at radius 3 is 2.70 bits per heavy atom. The van der Waals surface area contributed by atoms with Crippen LogP contribution in [0, 0.1) is 5.82 Å². The number of amides is 1. The molecule has 1 saturated heterocycles. The van der Waals surface area contributed by atoms with Crippen LogP contribution in [0.1, 0.15) is 23.8 Å². The lowest BCUT2D eigenvalue weighted by Gasteiger charge is -2.31. The summed E-state index contributed by atoms with van der Waals surface area (Å²) in [5.74, 6) is 0.365. The van der Waals surface area contributed by atoms with E-state index < -0.39 is 0 Å². The third kappa shape index (κ3) is 4.96. The summed E-state index contributed by atoms with van der Waals surface area (Å²) in [4.78, 5) is 21.2. The zero-order valence-electron chi connectivity index (χ0n) is 17.1. The number of aromatic nitrogens is 1. The first-order valence-corrected chi connectivity index (χ1v) is 11.1. The molecule has 0 unspecified atom stereocenters. The van der Waals surface area contributed by atoms with Crippen LogP contribution in [0.5, 0.6) is 5.75 Å². The molecule has 1 amide bonds. The van der Waals surface area contributed by atoms with Gasteiger partial charge in [0.15, 0.2) is 11.6 Å². The van der Waals surface area contributed by atoms with E-state index in [9.17, 15) is 9.18 Å². The maximum atomic E-state index is 13.6. The summed E-state index contributed by atoms with van der Waals surface area (Å²) in [6, 6.07) is 14.6. The van der Waals surface area contributed by atoms with Crippen molar-refractivity contribution in [3.05, 3.63) is 59.4 Å². The maximum absolute atomic E-state index is 13.6. The van der Waals surface area contributed by atoms with E-state index >= 15 is 0 Å². The van der Waals surface area contributed by atoms with Gasteiger partial charge in [0.05, 0.1) is 28.3 Å². The number of carbonyl (C=O) groups excluding carboxylic acids is 1. The molecule has 0 radical (unpaired) electrons. The molecule has 1 aliphatic heterocycles. The number of halogens is 1. The van der Waals surface area contributed by atoms with E-state index in [-0.39, 0.29) is 24.1 Å². The van der Waals surface area contributed by atoms with Crippen molar-refractivity contribution in [3.8, 4) is 5.75 Å². The number of likely N-dealkylation sites (N-methyl/N-ethyl adjacent to an activating group) is 1. The summed E-state index contributed by atoms with van der Waals surface area (Å²) in [6.07, 6.45) is 2.04. The highest BCUT2D eigenvalue weighted by Crippen LogP contribution is 2.33. The monoisotopic (exact) mass is 427 g/mol. The zero-order chi connectivity index (χ0) is 20.9. The second-order valence-electron chi connectivity index (χ2n) is 7.66. The molecule has 1 aliphatic rings. The Morgan fingerprint density at radius 1 is 1.20 bits per heavy atom. The number of benzene rings is 2. The van der Waals surface area contributed by atoms with Gasteiger partial charge in [0.2, 0.25) is 5.91 Å². The molecule has 0 spiro atoms. The highest BCUT2D eigenvalue weighted by molar-refractivity contribution is 7.18. The van der Waals surface area contributed by atoms with Gasteiger partial charge in [-0.15, -0.1) is 11.3 Å². The number of nitrogens with zero attached hydrogens (tertiary/aromatic N) is 3. The number of likely N-dealkylation sites (tertiary alicyclic amines) is 1. The molecule has 30 heavy (non-hydrogen) atoms. The van der Waals surface area contributed by atoms with Crippen molar-refractivity contribution in [3.63, 3.8) is 0 Å². The molecule has 0 atom stereocenters. The van der Waals surface area contributed by atoms with Crippen LogP contribution in [0.3, 0.4) is 0 Å². The molecule has 0 N–H and O–H groups in total. The number of hydrogen-bond acceptors (Lipinski definition) is 5. The summed E-state index contributed by atoms with van der Waals surface area (Å²) in [5.41, 5.74) is 1.08. The molecule has 2 heterocycles. The highest BCUT2D eigenvalue weighted by Gasteiger charge is 2.25. The SMILES string of the molecule is CN(CCOc1ccccc1F)C(=O)CN1CCC(c2nc3ccccc3s2)CC1. The van der Waals surface area contributed by atoms with Gasteiger partial charge in [-0.1, -0.05) is 24.3 Å². The number of piperidine rings is 1. The van der Waals surface area contributed by atoms with Crippen LogP contribution in [0.25, 0.3) is 10.2 Å². The maximum Gasteiger partial charge on any atom is 0.236 e. The largest absolute Gasteiger partial charge is 0.489 e. The molecule has 1 fully saturated rings. The Balaban J connectivity index is 1.21. The van der Waals surface area contributed by atoms with E-state index in [1.165, 1.54) is 15.8 Å². The predicted octanol–water partition coefficient (Wildman–Crippen LogP) is 4.15. The molecule has 4 rings (SSSR count).